The fraction of sp³-hybridized carbons (Fsp3) is 0.429. The van der Waals surface area contributed by atoms with Gasteiger partial charge in [-0.25, -0.2) is 0 Å². The predicted octanol–water partition coefficient (Wildman–Crippen LogP) is 7.08. The van der Waals surface area contributed by atoms with Gasteiger partial charge in [-0.15, -0.1) is 0 Å². The quantitative estimate of drug-likeness (QED) is 0.565. The standard InChI is InChI=1S/C21H25Cl/c1-2-3-16-4-6-17(7-5-16)18-8-10-19(11-9-18)20-12-14-21(22)15-13-20/h8-17H,2-7H2,1H3. The molecule has 22 heavy (non-hydrogen) atoms. The van der Waals surface area contributed by atoms with E-state index in [1.165, 1.54) is 55.2 Å². The van der Waals surface area contributed by atoms with Crippen LogP contribution < -0.4 is 0 Å². The number of halogens is 1. The van der Waals surface area contributed by atoms with Gasteiger partial charge in [0.2, 0.25) is 0 Å². The molecule has 2 aromatic rings. The minimum atomic E-state index is 0.771. The van der Waals surface area contributed by atoms with Crippen LogP contribution in [0.2, 0.25) is 5.02 Å². The van der Waals surface area contributed by atoms with Crippen molar-refractivity contribution in [3.05, 3.63) is 59.1 Å². The van der Waals surface area contributed by atoms with Crippen LogP contribution in [0.5, 0.6) is 0 Å². The Balaban J connectivity index is 1.66. The number of benzene rings is 2. The van der Waals surface area contributed by atoms with Gasteiger partial charge in [0.25, 0.3) is 0 Å². The zero-order valence-corrected chi connectivity index (χ0v) is 14.2. The van der Waals surface area contributed by atoms with Gasteiger partial charge in [0.1, 0.15) is 0 Å². The van der Waals surface area contributed by atoms with E-state index in [1.807, 2.05) is 12.1 Å². The molecule has 0 atom stereocenters. The zero-order valence-electron chi connectivity index (χ0n) is 13.4. The summed E-state index contributed by atoms with van der Waals surface area (Å²) in [5.41, 5.74) is 4.04. The van der Waals surface area contributed by atoms with Gasteiger partial charge >= 0.3 is 0 Å². The molecule has 0 radical (unpaired) electrons. The minimum absolute atomic E-state index is 0.771. The predicted molar refractivity (Wildman–Crippen MR) is 96.5 cm³/mol. The fourth-order valence-corrected chi connectivity index (χ4v) is 3.91. The van der Waals surface area contributed by atoms with Gasteiger partial charge in [-0.2, -0.15) is 0 Å². The first kappa shape index (κ1) is 15.6. The molecule has 0 spiro atoms. The van der Waals surface area contributed by atoms with Crippen molar-refractivity contribution in [1.29, 1.82) is 0 Å². The molecular formula is C21H25Cl. The monoisotopic (exact) mass is 312 g/mol. The largest absolute Gasteiger partial charge is 0.0843 e. The third-order valence-electron chi connectivity index (χ3n) is 5.10. The van der Waals surface area contributed by atoms with E-state index in [2.05, 4.69) is 43.3 Å². The van der Waals surface area contributed by atoms with Crippen molar-refractivity contribution < 1.29 is 0 Å². The van der Waals surface area contributed by atoms with Crippen LogP contribution in [-0.2, 0) is 0 Å². The Morgan fingerprint density at radius 3 is 1.91 bits per heavy atom. The van der Waals surface area contributed by atoms with Crippen LogP contribution >= 0.6 is 11.6 Å². The van der Waals surface area contributed by atoms with E-state index in [1.54, 1.807) is 0 Å². The lowest BCUT2D eigenvalue weighted by Crippen LogP contribution is -2.13. The number of hydrogen-bond acceptors (Lipinski definition) is 0. The maximum absolute atomic E-state index is 5.96. The summed E-state index contributed by atoms with van der Waals surface area (Å²) in [6.45, 7) is 2.31. The SMILES string of the molecule is CCCC1CCC(c2ccc(-c3ccc(Cl)cc3)cc2)CC1. The maximum Gasteiger partial charge on any atom is 0.0406 e. The Labute approximate surface area is 139 Å². The Kier molecular flexibility index (Phi) is 5.20. The molecule has 0 N–H and O–H groups in total. The molecule has 0 amide bonds. The molecule has 2 aromatic carbocycles. The fourth-order valence-electron chi connectivity index (χ4n) is 3.78. The summed E-state index contributed by atoms with van der Waals surface area (Å²) < 4.78 is 0. The second-order valence-corrected chi connectivity index (χ2v) is 7.07. The van der Waals surface area contributed by atoms with Crippen molar-refractivity contribution in [2.75, 3.05) is 0 Å². The van der Waals surface area contributed by atoms with Crippen LogP contribution in [0.15, 0.2) is 48.5 Å². The molecule has 116 valence electrons. The molecule has 0 saturated heterocycles. The van der Waals surface area contributed by atoms with Crippen LogP contribution in [-0.4, -0.2) is 0 Å². The second kappa shape index (κ2) is 7.33. The first-order chi connectivity index (χ1) is 10.8. The third kappa shape index (κ3) is 3.73. The lowest BCUT2D eigenvalue weighted by Gasteiger charge is -2.28. The summed E-state index contributed by atoms with van der Waals surface area (Å²) in [5.74, 6) is 1.75. The Hall–Kier alpha value is -1.27. The van der Waals surface area contributed by atoms with Gasteiger partial charge in [0.05, 0.1) is 0 Å². The first-order valence-corrected chi connectivity index (χ1v) is 9.00. The molecule has 1 heteroatoms. The molecule has 0 aromatic heterocycles. The lowest BCUT2D eigenvalue weighted by atomic mass is 9.77. The molecule has 0 bridgehead atoms. The highest BCUT2D eigenvalue weighted by molar-refractivity contribution is 6.30. The minimum Gasteiger partial charge on any atom is -0.0843 e. The summed E-state index contributed by atoms with van der Waals surface area (Å²) in [4.78, 5) is 0. The van der Waals surface area contributed by atoms with Gasteiger partial charge in [0, 0.05) is 5.02 Å². The van der Waals surface area contributed by atoms with Gasteiger partial charge < -0.3 is 0 Å². The Morgan fingerprint density at radius 2 is 1.36 bits per heavy atom. The van der Waals surface area contributed by atoms with Gasteiger partial charge in [-0.1, -0.05) is 67.8 Å². The van der Waals surface area contributed by atoms with E-state index in [0.717, 1.165) is 16.9 Å². The molecule has 0 aliphatic heterocycles. The lowest BCUT2D eigenvalue weighted by molar-refractivity contribution is 0.308. The van der Waals surface area contributed by atoms with Crippen LogP contribution in [0, 0.1) is 5.92 Å². The first-order valence-electron chi connectivity index (χ1n) is 8.62. The zero-order chi connectivity index (χ0) is 15.4. The van der Waals surface area contributed by atoms with E-state index in [4.69, 9.17) is 11.6 Å². The van der Waals surface area contributed by atoms with E-state index in [9.17, 15) is 0 Å². The normalized spacial score (nSPS) is 21.7. The summed E-state index contributed by atoms with van der Waals surface area (Å²) in [7, 11) is 0. The molecule has 0 heterocycles. The van der Waals surface area contributed by atoms with Gasteiger partial charge in [0.15, 0.2) is 0 Å². The van der Waals surface area contributed by atoms with Crippen LogP contribution in [0.4, 0.5) is 0 Å². The van der Waals surface area contributed by atoms with Crippen molar-refractivity contribution in [3.8, 4) is 11.1 Å². The molecule has 0 nitrogen and oxygen atoms in total. The molecule has 1 saturated carbocycles. The summed E-state index contributed by atoms with van der Waals surface area (Å²) >= 11 is 5.96. The topological polar surface area (TPSA) is 0 Å². The summed E-state index contributed by atoms with van der Waals surface area (Å²) in [6.07, 6.45) is 8.32. The third-order valence-corrected chi connectivity index (χ3v) is 5.36. The second-order valence-electron chi connectivity index (χ2n) is 6.64. The average molecular weight is 313 g/mol. The van der Waals surface area contributed by atoms with Crippen LogP contribution in [0.1, 0.15) is 56.9 Å². The maximum atomic E-state index is 5.96. The van der Waals surface area contributed by atoms with Crippen molar-refractivity contribution in [2.24, 2.45) is 5.92 Å². The van der Waals surface area contributed by atoms with E-state index in [-0.39, 0.29) is 0 Å². The van der Waals surface area contributed by atoms with E-state index in [0.29, 0.717) is 0 Å². The highest BCUT2D eigenvalue weighted by atomic mass is 35.5. The molecule has 1 fully saturated rings. The average Bonchev–Trinajstić information content (AvgIpc) is 2.57. The van der Waals surface area contributed by atoms with Crippen molar-refractivity contribution in [1.82, 2.24) is 0 Å². The van der Waals surface area contributed by atoms with Crippen LogP contribution in [0.3, 0.4) is 0 Å². The summed E-state index contributed by atoms with van der Waals surface area (Å²) in [6, 6.07) is 17.3. The highest BCUT2D eigenvalue weighted by Crippen LogP contribution is 2.38. The molecule has 1 aliphatic rings. The van der Waals surface area contributed by atoms with Crippen molar-refractivity contribution >= 4 is 11.6 Å². The van der Waals surface area contributed by atoms with Gasteiger partial charge in [-0.05, 0) is 66.3 Å². The number of hydrogen-bond donors (Lipinski definition) is 0. The molecule has 1 aliphatic carbocycles. The summed E-state index contributed by atoms with van der Waals surface area (Å²) in [5, 5.41) is 0.796. The Morgan fingerprint density at radius 1 is 0.818 bits per heavy atom. The van der Waals surface area contributed by atoms with Gasteiger partial charge in [-0.3, -0.25) is 0 Å². The Bertz CT molecular complexity index is 574. The molecule has 3 rings (SSSR count). The van der Waals surface area contributed by atoms with E-state index < -0.39 is 0 Å². The number of rotatable bonds is 4. The van der Waals surface area contributed by atoms with Crippen molar-refractivity contribution in [3.63, 3.8) is 0 Å². The van der Waals surface area contributed by atoms with Crippen molar-refractivity contribution in [2.45, 2.75) is 51.4 Å². The van der Waals surface area contributed by atoms with Crippen LogP contribution in [0.25, 0.3) is 11.1 Å². The molecular weight excluding hydrogens is 288 g/mol. The van der Waals surface area contributed by atoms with E-state index >= 15 is 0 Å². The highest BCUT2D eigenvalue weighted by Gasteiger charge is 2.21. The molecule has 0 unspecified atom stereocenters. The smallest absolute Gasteiger partial charge is 0.0406 e.